The highest BCUT2D eigenvalue weighted by atomic mass is 16.5. The van der Waals surface area contributed by atoms with E-state index in [1.165, 1.54) is 0 Å². The van der Waals surface area contributed by atoms with Gasteiger partial charge in [0.25, 0.3) is 0 Å². The number of hydrogen-bond acceptors (Lipinski definition) is 6. The Bertz CT molecular complexity index is 586. The normalized spacial score (nSPS) is 10.5. The lowest BCUT2D eigenvalue weighted by molar-refractivity contribution is 0.356. The number of nitrogens with one attached hydrogen (secondary N) is 1. The van der Waals surface area contributed by atoms with Crippen LogP contribution in [0, 0.1) is 6.92 Å². The molecule has 6 nitrogen and oxygen atoms in total. The molecule has 6 heteroatoms. The van der Waals surface area contributed by atoms with Crippen LogP contribution in [0.1, 0.15) is 5.82 Å². The van der Waals surface area contributed by atoms with Gasteiger partial charge in [0.1, 0.15) is 11.6 Å². The number of aromatic nitrogens is 2. The van der Waals surface area contributed by atoms with Crippen LogP contribution in [0.25, 0.3) is 10.9 Å². The third-order valence-corrected chi connectivity index (χ3v) is 2.75. The number of benzene rings is 1. The van der Waals surface area contributed by atoms with Crippen molar-refractivity contribution in [3.8, 4) is 11.5 Å². The third kappa shape index (κ3) is 2.68. The molecule has 19 heavy (non-hydrogen) atoms. The molecule has 0 atom stereocenters. The standard InChI is InChI=1S/C13H18N4O2/c1-8-16-10-7-12(19-3)11(18-2)6-9(10)13(17-8)15-5-4-14/h6-7H,4-5,14H2,1-3H3,(H,15,16,17). The first kappa shape index (κ1) is 13.4. The molecule has 2 aromatic rings. The predicted octanol–water partition coefficient (Wildman–Crippen LogP) is 1.33. The molecule has 0 amide bonds. The van der Waals surface area contributed by atoms with Crippen molar-refractivity contribution in [3.05, 3.63) is 18.0 Å². The summed E-state index contributed by atoms with van der Waals surface area (Å²) in [4.78, 5) is 8.81. The van der Waals surface area contributed by atoms with Crippen LogP contribution in [-0.4, -0.2) is 37.3 Å². The first-order valence-electron chi connectivity index (χ1n) is 6.04. The molecule has 0 saturated carbocycles. The van der Waals surface area contributed by atoms with Crippen LogP contribution in [0.4, 0.5) is 5.82 Å². The molecule has 0 aliphatic heterocycles. The monoisotopic (exact) mass is 262 g/mol. The number of hydrogen-bond donors (Lipinski definition) is 2. The number of ether oxygens (including phenoxy) is 2. The second-order valence-corrected chi connectivity index (χ2v) is 4.06. The molecule has 3 N–H and O–H groups in total. The quantitative estimate of drug-likeness (QED) is 0.845. The SMILES string of the molecule is COc1cc2nc(C)nc(NCCN)c2cc1OC. The van der Waals surface area contributed by atoms with E-state index in [0.29, 0.717) is 30.4 Å². The molecule has 1 heterocycles. The molecule has 0 radical (unpaired) electrons. The topological polar surface area (TPSA) is 82.3 Å². The van der Waals surface area contributed by atoms with Crippen LogP contribution in [0.5, 0.6) is 11.5 Å². The zero-order chi connectivity index (χ0) is 13.8. The molecule has 1 aromatic carbocycles. The summed E-state index contributed by atoms with van der Waals surface area (Å²) in [6.07, 6.45) is 0. The summed E-state index contributed by atoms with van der Waals surface area (Å²) in [6, 6.07) is 3.71. The van der Waals surface area contributed by atoms with Crippen LogP contribution < -0.4 is 20.5 Å². The van der Waals surface area contributed by atoms with Crippen LogP contribution in [0.15, 0.2) is 12.1 Å². The van der Waals surface area contributed by atoms with Crippen molar-refractivity contribution >= 4 is 16.7 Å². The van der Waals surface area contributed by atoms with E-state index in [2.05, 4.69) is 15.3 Å². The van der Waals surface area contributed by atoms with Gasteiger partial charge in [0.15, 0.2) is 11.5 Å². The van der Waals surface area contributed by atoms with Crippen LogP contribution in [0.2, 0.25) is 0 Å². The second kappa shape index (κ2) is 5.71. The van der Waals surface area contributed by atoms with Crippen molar-refractivity contribution < 1.29 is 9.47 Å². The summed E-state index contributed by atoms with van der Waals surface area (Å²) in [6.45, 7) is 3.04. The molecule has 0 fully saturated rings. The van der Waals surface area contributed by atoms with Gasteiger partial charge in [0.2, 0.25) is 0 Å². The maximum Gasteiger partial charge on any atom is 0.162 e. The second-order valence-electron chi connectivity index (χ2n) is 4.06. The van der Waals surface area contributed by atoms with E-state index in [1.807, 2.05) is 19.1 Å². The Labute approximate surface area is 111 Å². The Morgan fingerprint density at radius 3 is 2.47 bits per heavy atom. The van der Waals surface area contributed by atoms with Gasteiger partial charge in [-0.25, -0.2) is 9.97 Å². The summed E-state index contributed by atoms with van der Waals surface area (Å²) in [5.74, 6) is 2.75. The van der Waals surface area contributed by atoms with Crippen molar-refractivity contribution in [2.45, 2.75) is 6.92 Å². The van der Waals surface area contributed by atoms with E-state index >= 15 is 0 Å². The predicted molar refractivity (Wildman–Crippen MR) is 74.9 cm³/mol. The molecule has 0 saturated heterocycles. The van der Waals surface area contributed by atoms with E-state index in [4.69, 9.17) is 15.2 Å². The zero-order valence-electron chi connectivity index (χ0n) is 11.4. The molecule has 0 aliphatic carbocycles. The molecule has 0 bridgehead atoms. The summed E-state index contributed by atoms with van der Waals surface area (Å²) in [5, 5.41) is 4.08. The largest absolute Gasteiger partial charge is 0.493 e. The maximum absolute atomic E-state index is 5.51. The molecule has 2 rings (SSSR count). The number of anilines is 1. The van der Waals surface area contributed by atoms with Gasteiger partial charge in [0.05, 0.1) is 19.7 Å². The van der Waals surface area contributed by atoms with Gasteiger partial charge in [-0.05, 0) is 13.0 Å². The highest BCUT2D eigenvalue weighted by Crippen LogP contribution is 2.33. The average Bonchev–Trinajstić information content (AvgIpc) is 2.43. The Balaban J connectivity index is 2.61. The average molecular weight is 262 g/mol. The molecule has 0 unspecified atom stereocenters. The van der Waals surface area contributed by atoms with E-state index in [9.17, 15) is 0 Å². The minimum Gasteiger partial charge on any atom is -0.493 e. The molecular formula is C13H18N4O2. The van der Waals surface area contributed by atoms with Crippen molar-refractivity contribution in [3.63, 3.8) is 0 Å². The summed E-state index contributed by atoms with van der Waals surface area (Å²) in [5.41, 5.74) is 6.32. The Morgan fingerprint density at radius 1 is 1.16 bits per heavy atom. The number of fused-ring (bicyclic) bond motifs is 1. The van der Waals surface area contributed by atoms with Crippen molar-refractivity contribution in [1.82, 2.24) is 9.97 Å². The minimum atomic E-state index is 0.540. The van der Waals surface area contributed by atoms with E-state index in [0.717, 1.165) is 16.7 Å². The summed E-state index contributed by atoms with van der Waals surface area (Å²) in [7, 11) is 3.21. The van der Waals surface area contributed by atoms with Crippen LogP contribution >= 0.6 is 0 Å². The lowest BCUT2D eigenvalue weighted by Crippen LogP contribution is -2.14. The zero-order valence-corrected chi connectivity index (χ0v) is 11.4. The van der Waals surface area contributed by atoms with E-state index < -0.39 is 0 Å². The minimum absolute atomic E-state index is 0.540. The number of nitrogens with zero attached hydrogens (tertiary/aromatic N) is 2. The van der Waals surface area contributed by atoms with Gasteiger partial charge in [-0.3, -0.25) is 0 Å². The molecule has 0 spiro atoms. The van der Waals surface area contributed by atoms with Gasteiger partial charge in [-0.1, -0.05) is 0 Å². The number of methoxy groups -OCH3 is 2. The van der Waals surface area contributed by atoms with Crippen molar-refractivity contribution in [2.24, 2.45) is 5.73 Å². The van der Waals surface area contributed by atoms with Gasteiger partial charge >= 0.3 is 0 Å². The highest BCUT2D eigenvalue weighted by molar-refractivity contribution is 5.91. The molecule has 1 aromatic heterocycles. The first-order valence-corrected chi connectivity index (χ1v) is 6.04. The van der Waals surface area contributed by atoms with Gasteiger partial charge in [0, 0.05) is 24.5 Å². The third-order valence-electron chi connectivity index (χ3n) is 2.75. The lowest BCUT2D eigenvalue weighted by Gasteiger charge is -2.12. The molecule has 0 aliphatic rings. The fourth-order valence-corrected chi connectivity index (χ4v) is 1.90. The number of rotatable bonds is 5. The maximum atomic E-state index is 5.51. The van der Waals surface area contributed by atoms with Gasteiger partial charge in [-0.2, -0.15) is 0 Å². The number of nitrogens with two attached hydrogens (primary N) is 1. The smallest absolute Gasteiger partial charge is 0.162 e. The van der Waals surface area contributed by atoms with Crippen molar-refractivity contribution in [1.29, 1.82) is 0 Å². The number of aryl methyl sites for hydroxylation is 1. The van der Waals surface area contributed by atoms with Gasteiger partial charge < -0.3 is 20.5 Å². The highest BCUT2D eigenvalue weighted by Gasteiger charge is 2.11. The van der Waals surface area contributed by atoms with Crippen LogP contribution in [-0.2, 0) is 0 Å². The van der Waals surface area contributed by atoms with Gasteiger partial charge in [-0.15, -0.1) is 0 Å². The summed E-state index contributed by atoms with van der Waals surface area (Å²) >= 11 is 0. The Morgan fingerprint density at radius 2 is 1.84 bits per heavy atom. The molecular weight excluding hydrogens is 244 g/mol. The first-order chi connectivity index (χ1) is 9.19. The Kier molecular flexibility index (Phi) is 4.01. The fraction of sp³-hybridized carbons (Fsp3) is 0.385. The Hall–Kier alpha value is -2.08. The van der Waals surface area contributed by atoms with Crippen LogP contribution in [0.3, 0.4) is 0 Å². The lowest BCUT2D eigenvalue weighted by atomic mass is 10.2. The van der Waals surface area contributed by atoms with E-state index in [1.54, 1.807) is 14.2 Å². The molecule has 102 valence electrons. The fourth-order valence-electron chi connectivity index (χ4n) is 1.90. The summed E-state index contributed by atoms with van der Waals surface area (Å²) < 4.78 is 10.6. The van der Waals surface area contributed by atoms with E-state index in [-0.39, 0.29) is 0 Å². The van der Waals surface area contributed by atoms with Crippen molar-refractivity contribution in [2.75, 3.05) is 32.6 Å².